The highest BCUT2D eigenvalue weighted by Gasteiger charge is 2.27. The number of halogens is 1. The number of pyridine rings is 1. The molecule has 1 amide bonds. The van der Waals surface area contributed by atoms with E-state index in [0.717, 1.165) is 31.7 Å². The quantitative estimate of drug-likeness (QED) is 0.687. The maximum Gasteiger partial charge on any atom is 0.252 e. The van der Waals surface area contributed by atoms with Crippen LogP contribution in [0.3, 0.4) is 0 Å². The van der Waals surface area contributed by atoms with Gasteiger partial charge in [-0.25, -0.2) is 4.98 Å². The second-order valence-electron chi connectivity index (χ2n) is 6.90. The van der Waals surface area contributed by atoms with Gasteiger partial charge in [-0.15, -0.1) is 0 Å². The number of rotatable bonds is 5. The largest absolute Gasteiger partial charge is 0.365 e. The van der Waals surface area contributed by atoms with Crippen LogP contribution < -0.4 is 10.6 Å². The van der Waals surface area contributed by atoms with Crippen LogP contribution in [0, 0.1) is 0 Å². The molecule has 150 valence electrons. The highest BCUT2D eigenvalue weighted by atomic mass is 35.5. The van der Waals surface area contributed by atoms with Crippen molar-refractivity contribution in [2.45, 2.75) is 13.0 Å². The van der Waals surface area contributed by atoms with Gasteiger partial charge in [-0.2, -0.15) is 4.98 Å². The molecule has 1 saturated heterocycles. The van der Waals surface area contributed by atoms with Gasteiger partial charge >= 0.3 is 0 Å². The number of hydrogen-bond acceptors (Lipinski definition) is 7. The summed E-state index contributed by atoms with van der Waals surface area (Å²) < 4.78 is 5.50. The fourth-order valence-corrected chi connectivity index (χ4v) is 3.57. The number of benzene rings is 1. The lowest BCUT2D eigenvalue weighted by Crippen LogP contribution is -2.48. The van der Waals surface area contributed by atoms with Crippen LogP contribution in [0.2, 0.25) is 5.02 Å². The first-order valence-electron chi connectivity index (χ1n) is 9.36. The maximum absolute atomic E-state index is 11.7. The Hall–Kier alpha value is -2.97. The molecule has 2 aromatic heterocycles. The summed E-state index contributed by atoms with van der Waals surface area (Å²) in [6.07, 6.45) is 1.67. The van der Waals surface area contributed by atoms with E-state index in [9.17, 15) is 4.79 Å². The molecule has 0 aliphatic carbocycles. The molecule has 1 unspecified atom stereocenters. The van der Waals surface area contributed by atoms with Crippen LogP contribution in [0.15, 0.2) is 47.1 Å². The summed E-state index contributed by atoms with van der Waals surface area (Å²) >= 11 is 5.93. The third-order valence-electron chi connectivity index (χ3n) is 5.12. The average molecular weight is 413 g/mol. The van der Waals surface area contributed by atoms with Gasteiger partial charge < -0.3 is 15.2 Å². The molecule has 0 spiro atoms. The molecule has 1 aromatic carbocycles. The zero-order valence-corrected chi connectivity index (χ0v) is 16.7. The first-order valence-corrected chi connectivity index (χ1v) is 9.74. The number of nitrogens with zero attached hydrogens (tertiary/aromatic N) is 5. The van der Waals surface area contributed by atoms with Crippen molar-refractivity contribution >= 4 is 23.3 Å². The first kappa shape index (κ1) is 19.4. The van der Waals surface area contributed by atoms with Gasteiger partial charge in [-0.05, 0) is 43.3 Å². The molecule has 29 heavy (non-hydrogen) atoms. The number of aromatic nitrogens is 3. The summed E-state index contributed by atoms with van der Waals surface area (Å²) in [4.78, 5) is 24.9. The van der Waals surface area contributed by atoms with E-state index >= 15 is 0 Å². The van der Waals surface area contributed by atoms with Crippen molar-refractivity contribution in [2.75, 3.05) is 31.1 Å². The first-order chi connectivity index (χ1) is 14.0. The Balaban J connectivity index is 1.43. The number of carbonyl (C=O) groups excluding carboxylic acids is 1. The fraction of sp³-hybridized carbons (Fsp3) is 0.300. The van der Waals surface area contributed by atoms with E-state index in [4.69, 9.17) is 21.9 Å². The van der Waals surface area contributed by atoms with E-state index in [-0.39, 0.29) is 6.04 Å². The molecule has 1 aliphatic heterocycles. The van der Waals surface area contributed by atoms with Crippen molar-refractivity contribution in [3.8, 4) is 11.4 Å². The maximum atomic E-state index is 11.7. The summed E-state index contributed by atoms with van der Waals surface area (Å²) in [5.41, 5.74) is 6.78. The minimum atomic E-state index is -0.468. The standard InChI is InChI=1S/C20H21ClN6O2/c1-13(20-24-18(25-29-20)14-4-6-15(21)7-5-14)26-9-11-27(12-10-26)19-16(17(22)28)3-2-8-23-19/h2-8,13H,9-12H2,1H3,(H2,22,28). The lowest BCUT2D eigenvalue weighted by molar-refractivity contribution is 0.1000. The summed E-state index contributed by atoms with van der Waals surface area (Å²) in [5, 5.41) is 4.76. The van der Waals surface area contributed by atoms with Crippen molar-refractivity contribution in [1.29, 1.82) is 0 Å². The Labute approximate surface area is 173 Å². The molecule has 3 aromatic rings. The van der Waals surface area contributed by atoms with Gasteiger partial charge in [0, 0.05) is 43.0 Å². The Morgan fingerprint density at radius 1 is 1.17 bits per heavy atom. The van der Waals surface area contributed by atoms with Crippen LogP contribution in [-0.4, -0.2) is 52.1 Å². The lowest BCUT2D eigenvalue weighted by atomic mass is 10.2. The van der Waals surface area contributed by atoms with Gasteiger partial charge in [0.05, 0.1) is 11.6 Å². The smallest absolute Gasteiger partial charge is 0.252 e. The summed E-state index contributed by atoms with van der Waals surface area (Å²) in [6.45, 7) is 5.03. The van der Waals surface area contributed by atoms with Gasteiger partial charge in [-0.3, -0.25) is 9.69 Å². The summed E-state index contributed by atoms with van der Waals surface area (Å²) in [6, 6.07) is 10.7. The van der Waals surface area contributed by atoms with Gasteiger partial charge in [-0.1, -0.05) is 16.8 Å². The number of piperazine rings is 1. The third-order valence-corrected chi connectivity index (χ3v) is 5.37. The highest BCUT2D eigenvalue weighted by molar-refractivity contribution is 6.30. The second kappa shape index (κ2) is 8.18. The molecule has 2 N–H and O–H groups in total. The number of hydrogen-bond donors (Lipinski definition) is 1. The molecule has 4 rings (SSSR count). The van der Waals surface area contributed by atoms with Crippen LogP contribution in [-0.2, 0) is 0 Å². The van der Waals surface area contributed by atoms with Crippen molar-refractivity contribution in [1.82, 2.24) is 20.0 Å². The van der Waals surface area contributed by atoms with E-state index in [1.165, 1.54) is 0 Å². The molecule has 3 heterocycles. The number of nitrogens with two attached hydrogens (primary N) is 1. The van der Waals surface area contributed by atoms with Crippen molar-refractivity contribution < 1.29 is 9.32 Å². The average Bonchev–Trinajstić information content (AvgIpc) is 3.24. The molecule has 0 bridgehead atoms. The van der Waals surface area contributed by atoms with Gasteiger partial charge in [0.1, 0.15) is 5.82 Å². The van der Waals surface area contributed by atoms with Crippen LogP contribution in [0.5, 0.6) is 0 Å². The Kier molecular flexibility index (Phi) is 5.46. The van der Waals surface area contributed by atoms with Crippen molar-refractivity contribution in [3.63, 3.8) is 0 Å². The Morgan fingerprint density at radius 3 is 2.59 bits per heavy atom. The lowest BCUT2D eigenvalue weighted by Gasteiger charge is -2.37. The SMILES string of the molecule is CC(c1nc(-c2ccc(Cl)cc2)no1)N1CCN(c2ncccc2C(N)=O)CC1. The van der Waals surface area contributed by atoms with Crippen LogP contribution in [0.1, 0.15) is 29.2 Å². The molecule has 8 nitrogen and oxygen atoms in total. The second-order valence-corrected chi connectivity index (χ2v) is 7.34. The molecule has 0 radical (unpaired) electrons. The third kappa shape index (κ3) is 4.08. The fourth-order valence-electron chi connectivity index (χ4n) is 3.44. The van der Waals surface area contributed by atoms with E-state index in [2.05, 4.69) is 24.9 Å². The highest BCUT2D eigenvalue weighted by Crippen LogP contribution is 2.26. The van der Waals surface area contributed by atoms with E-state index < -0.39 is 5.91 Å². The molecule has 1 fully saturated rings. The zero-order valence-electron chi connectivity index (χ0n) is 16.0. The topological polar surface area (TPSA) is 101 Å². The predicted molar refractivity (Wildman–Crippen MR) is 110 cm³/mol. The van der Waals surface area contributed by atoms with Crippen molar-refractivity contribution in [2.24, 2.45) is 5.73 Å². The van der Waals surface area contributed by atoms with Crippen LogP contribution in [0.25, 0.3) is 11.4 Å². The predicted octanol–water partition coefficient (Wildman–Crippen LogP) is 2.77. The number of amides is 1. The minimum absolute atomic E-state index is 0.0231. The molecule has 0 saturated carbocycles. The normalized spacial score (nSPS) is 16.0. The van der Waals surface area contributed by atoms with Crippen LogP contribution in [0.4, 0.5) is 5.82 Å². The summed E-state index contributed by atoms with van der Waals surface area (Å²) in [7, 11) is 0. The van der Waals surface area contributed by atoms with Gasteiger partial charge in [0.25, 0.3) is 5.91 Å². The molecule has 9 heteroatoms. The van der Waals surface area contributed by atoms with Crippen LogP contribution >= 0.6 is 11.6 Å². The molecular weight excluding hydrogens is 392 g/mol. The van der Waals surface area contributed by atoms with E-state index in [1.54, 1.807) is 30.5 Å². The van der Waals surface area contributed by atoms with Gasteiger partial charge in [0.15, 0.2) is 0 Å². The van der Waals surface area contributed by atoms with Gasteiger partial charge in [0.2, 0.25) is 11.7 Å². The zero-order chi connectivity index (χ0) is 20.4. The number of carbonyl (C=O) groups is 1. The van der Waals surface area contributed by atoms with E-state index in [0.29, 0.717) is 28.1 Å². The molecule has 1 atom stereocenters. The Bertz CT molecular complexity index is 998. The number of anilines is 1. The monoisotopic (exact) mass is 412 g/mol. The Morgan fingerprint density at radius 2 is 1.90 bits per heavy atom. The van der Waals surface area contributed by atoms with E-state index in [1.807, 2.05) is 19.1 Å². The van der Waals surface area contributed by atoms with Crippen molar-refractivity contribution in [3.05, 3.63) is 59.1 Å². The minimum Gasteiger partial charge on any atom is -0.365 e. The summed E-state index contributed by atoms with van der Waals surface area (Å²) in [5.74, 6) is 1.28. The molecular formula is C20H21ClN6O2. The number of primary amides is 1. The molecule has 1 aliphatic rings.